The Kier molecular flexibility index (Phi) is 2.72. The first kappa shape index (κ1) is 12.9. The van der Waals surface area contributed by atoms with Gasteiger partial charge in [0, 0.05) is 6.07 Å². The van der Waals surface area contributed by atoms with E-state index < -0.39 is 17.2 Å². The van der Waals surface area contributed by atoms with E-state index in [0.29, 0.717) is 5.56 Å². The van der Waals surface area contributed by atoms with Crippen LogP contribution in [0.3, 0.4) is 0 Å². The molecule has 2 aromatic carbocycles. The lowest BCUT2D eigenvalue weighted by atomic mass is 10.1. The zero-order valence-corrected chi connectivity index (χ0v) is 10.6. The molecule has 0 unspecified atom stereocenters. The summed E-state index contributed by atoms with van der Waals surface area (Å²) < 4.78 is 5.34. The molecule has 0 radical (unpaired) electrons. The molecular weight excluding hydrogens is 276 g/mol. The van der Waals surface area contributed by atoms with Gasteiger partial charge in [-0.05, 0) is 35.9 Å². The normalized spacial score (nSPS) is 15.0. The van der Waals surface area contributed by atoms with E-state index in [4.69, 9.17) is 4.74 Å². The number of fused-ring (bicyclic) bond motifs is 1. The van der Waals surface area contributed by atoms with Gasteiger partial charge in [-0.15, -0.1) is 0 Å². The van der Waals surface area contributed by atoms with Crippen molar-refractivity contribution in [3.63, 3.8) is 0 Å². The van der Waals surface area contributed by atoms with Gasteiger partial charge in [0.05, 0.1) is 5.56 Å². The topological polar surface area (TPSA) is 107 Å². The Bertz CT molecular complexity index is 768. The number of benzene rings is 2. The van der Waals surface area contributed by atoms with Crippen LogP contribution < -0.4 is 4.74 Å². The molecule has 6 heteroatoms. The molecule has 0 aromatic heterocycles. The van der Waals surface area contributed by atoms with Crippen LogP contribution in [0, 0.1) is 0 Å². The molecule has 0 fully saturated rings. The first-order valence-electron chi connectivity index (χ1n) is 5.98. The van der Waals surface area contributed by atoms with E-state index in [-0.39, 0.29) is 28.6 Å². The van der Waals surface area contributed by atoms with E-state index >= 15 is 0 Å². The van der Waals surface area contributed by atoms with Crippen LogP contribution in [0.25, 0.3) is 6.08 Å². The van der Waals surface area contributed by atoms with Crippen LogP contribution >= 0.6 is 0 Å². The number of ether oxygens (including phenoxy) is 1. The van der Waals surface area contributed by atoms with Gasteiger partial charge < -0.3 is 25.2 Å². The summed E-state index contributed by atoms with van der Waals surface area (Å²) in [5.74, 6) is -1.84. The molecule has 1 heterocycles. The summed E-state index contributed by atoms with van der Waals surface area (Å²) in [6.45, 7) is 0. The molecule has 0 amide bonds. The molecule has 4 N–H and O–H groups in total. The van der Waals surface area contributed by atoms with Crippen molar-refractivity contribution < 1.29 is 30.0 Å². The number of phenolic OH excluding ortho intramolecular Hbond substituents is 4. The number of aromatic hydroxyl groups is 4. The molecular formula is C15H10O6. The van der Waals surface area contributed by atoms with Gasteiger partial charge in [-0.25, -0.2) is 0 Å². The third kappa shape index (κ3) is 2.12. The van der Waals surface area contributed by atoms with Crippen LogP contribution in [0.5, 0.6) is 28.7 Å². The highest BCUT2D eigenvalue weighted by Crippen LogP contribution is 2.38. The first-order valence-corrected chi connectivity index (χ1v) is 5.98. The molecule has 0 spiro atoms. The summed E-state index contributed by atoms with van der Waals surface area (Å²) in [4.78, 5) is 12.1. The Labute approximate surface area is 118 Å². The maximum atomic E-state index is 12.1. The molecule has 6 nitrogen and oxygen atoms in total. The van der Waals surface area contributed by atoms with Gasteiger partial charge in [0.1, 0.15) is 11.5 Å². The average Bonchev–Trinajstić information content (AvgIpc) is 2.72. The van der Waals surface area contributed by atoms with Gasteiger partial charge >= 0.3 is 0 Å². The van der Waals surface area contributed by atoms with Crippen LogP contribution in [-0.4, -0.2) is 26.2 Å². The average molecular weight is 286 g/mol. The third-order valence-corrected chi connectivity index (χ3v) is 3.04. The predicted octanol–water partition coefficient (Wildman–Crippen LogP) is 2.13. The molecule has 0 saturated carbocycles. The van der Waals surface area contributed by atoms with Gasteiger partial charge in [-0.3, -0.25) is 4.79 Å². The van der Waals surface area contributed by atoms with Crippen LogP contribution in [-0.2, 0) is 0 Å². The second kappa shape index (κ2) is 4.45. The number of Topliss-reactive ketones (excluding diaryl/α,β-unsaturated/α-hetero) is 1. The molecule has 2 aromatic rings. The molecule has 0 bridgehead atoms. The van der Waals surface area contributed by atoms with Crippen molar-refractivity contribution >= 4 is 11.9 Å². The van der Waals surface area contributed by atoms with Crippen molar-refractivity contribution in [2.75, 3.05) is 0 Å². The summed E-state index contributed by atoms with van der Waals surface area (Å²) in [5.41, 5.74) is 0.592. The van der Waals surface area contributed by atoms with Crippen LogP contribution in [0.4, 0.5) is 0 Å². The number of ketones is 1. The fourth-order valence-corrected chi connectivity index (χ4v) is 2.04. The van der Waals surface area contributed by atoms with E-state index in [1.165, 1.54) is 36.4 Å². The highest BCUT2D eigenvalue weighted by Gasteiger charge is 2.27. The molecule has 3 rings (SSSR count). The Morgan fingerprint density at radius 1 is 0.952 bits per heavy atom. The first-order chi connectivity index (χ1) is 9.95. The van der Waals surface area contributed by atoms with Gasteiger partial charge in [0.2, 0.25) is 5.78 Å². The molecule has 0 aliphatic carbocycles. The number of carbonyl (C=O) groups is 1. The van der Waals surface area contributed by atoms with Gasteiger partial charge in [-0.2, -0.15) is 0 Å². The molecule has 21 heavy (non-hydrogen) atoms. The van der Waals surface area contributed by atoms with Crippen molar-refractivity contribution in [1.82, 2.24) is 0 Å². The van der Waals surface area contributed by atoms with Gasteiger partial charge in [0.25, 0.3) is 0 Å². The van der Waals surface area contributed by atoms with Crippen molar-refractivity contribution in [2.45, 2.75) is 0 Å². The van der Waals surface area contributed by atoms with Gasteiger partial charge in [0.15, 0.2) is 23.0 Å². The van der Waals surface area contributed by atoms with Crippen molar-refractivity contribution in [3.05, 3.63) is 47.2 Å². The quantitative estimate of drug-likeness (QED) is 0.472. The third-order valence-electron chi connectivity index (χ3n) is 3.04. The monoisotopic (exact) mass is 286 g/mol. The lowest BCUT2D eigenvalue weighted by Crippen LogP contribution is -1.97. The SMILES string of the molecule is O=C1/C(=C/c2cc(O)c(O)c(O)c2)Oc2cc(O)ccc21. The lowest BCUT2D eigenvalue weighted by molar-refractivity contribution is 0.101. The lowest BCUT2D eigenvalue weighted by Gasteiger charge is -2.03. The molecule has 0 atom stereocenters. The Hall–Kier alpha value is -3.15. The van der Waals surface area contributed by atoms with Crippen LogP contribution in [0.1, 0.15) is 15.9 Å². The second-order valence-electron chi connectivity index (χ2n) is 4.53. The maximum Gasteiger partial charge on any atom is 0.231 e. The number of hydrogen-bond acceptors (Lipinski definition) is 6. The fraction of sp³-hybridized carbons (Fsp3) is 0. The number of allylic oxidation sites excluding steroid dienone is 1. The summed E-state index contributed by atoms with van der Waals surface area (Å²) in [7, 11) is 0. The summed E-state index contributed by atoms with van der Waals surface area (Å²) in [6, 6.07) is 6.50. The van der Waals surface area contributed by atoms with E-state index in [2.05, 4.69) is 0 Å². The van der Waals surface area contributed by atoms with E-state index in [0.717, 1.165) is 0 Å². The Morgan fingerprint density at radius 2 is 1.62 bits per heavy atom. The highest BCUT2D eigenvalue weighted by molar-refractivity contribution is 6.14. The van der Waals surface area contributed by atoms with E-state index in [1.54, 1.807) is 0 Å². The summed E-state index contributed by atoms with van der Waals surface area (Å²) >= 11 is 0. The smallest absolute Gasteiger partial charge is 0.231 e. The minimum atomic E-state index is -0.635. The largest absolute Gasteiger partial charge is 0.508 e. The fourth-order valence-electron chi connectivity index (χ4n) is 2.04. The standard InChI is InChI=1S/C15H10O6/c16-8-1-2-9-12(6-8)21-13(14(9)19)5-7-3-10(17)15(20)11(18)4-7/h1-6,16-18,20H/b13-5-. The van der Waals surface area contributed by atoms with E-state index in [9.17, 15) is 25.2 Å². The van der Waals surface area contributed by atoms with Crippen LogP contribution in [0.15, 0.2) is 36.1 Å². The van der Waals surface area contributed by atoms with Crippen molar-refractivity contribution in [1.29, 1.82) is 0 Å². The Morgan fingerprint density at radius 3 is 2.29 bits per heavy atom. The van der Waals surface area contributed by atoms with Gasteiger partial charge in [-0.1, -0.05) is 0 Å². The Balaban J connectivity index is 2.01. The maximum absolute atomic E-state index is 12.1. The zero-order chi connectivity index (χ0) is 15.1. The molecule has 0 saturated heterocycles. The predicted molar refractivity (Wildman–Crippen MR) is 72.5 cm³/mol. The highest BCUT2D eigenvalue weighted by atomic mass is 16.5. The van der Waals surface area contributed by atoms with Crippen molar-refractivity contribution in [3.8, 4) is 28.7 Å². The summed E-state index contributed by atoms with van der Waals surface area (Å²) in [6.07, 6.45) is 1.32. The zero-order valence-electron chi connectivity index (χ0n) is 10.6. The number of rotatable bonds is 1. The van der Waals surface area contributed by atoms with Crippen LogP contribution in [0.2, 0.25) is 0 Å². The molecule has 106 valence electrons. The minimum Gasteiger partial charge on any atom is -0.508 e. The summed E-state index contributed by atoms with van der Waals surface area (Å²) in [5, 5.41) is 37.5. The second-order valence-corrected chi connectivity index (χ2v) is 4.53. The van der Waals surface area contributed by atoms with Crippen molar-refractivity contribution in [2.24, 2.45) is 0 Å². The number of phenols is 4. The molecule has 1 aliphatic rings. The number of carbonyl (C=O) groups excluding carboxylic acids is 1. The number of hydrogen-bond donors (Lipinski definition) is 4. The minimum absolute atomic E-state index is 0.0138. The van der Waals surface area contributed by atoms with E-state index in [1.807, 2.05) is 0 Å². The molecule has 1 aliphatic heterocycles.